The minimum Gasteiger partial charge on any atom is -0.372 e. The molecule has 2 amide bonds. The van der Waals surface area contributed by atoms with E-state index in [9.17, 15) is 9.59 Å². The van der Waals surface area contributed by atoms with Gasteiger partial charge in [0.05, 0.1) is 0 Å². The number of carbonyl (C=O) groups is 2. The number of piperidine rings is 1. The summed E-state index contributed by atoms with van der Waals surface area (Å²) in [5.41, 5.74) is 2.57. The highest BCUT2D eigenvalue weighted by molar-refractivity contribution is 6.04. The molecule has 154 valence electrons. The van der Waals surface area contributed by atoms with Crippen molar-refractivity contribution in [2.75, 3.05) is 29.9 Å². The first kappa shape index (κ1) is 20.8. The van der Waals surface area contributed by atoms with Crippen molar-refractivity contribution in [3.8, 4) is 0 Å². The molecule has 6 nitrogen and oxygen atoms in total. The van der Waals surface area contributed by atoms with E-state index in [1.54, 1.807) is 6.07 Å². The smallest absolute Gasteiger partial charge is 0.274 e. The molecular weight excluding hydrogens is 364 g/mol. The van der Waals surface area contributed by atoms with Gasteiger partial charge in [0, 0.05) is 42.8 Å². The van der Waals surface area contributed by atoms with Crippen LogP contribution >= 0.6 is 0 Å². The molecule has 0 radical (unpaired) electrons. The zero-order valence-corrected chi connectivity index (χ0v) is 17.1. The van der Waals surface area contributed by atoms with Crippen LogP contribution in [-0.2, 0) is 0 Å². The Hall–Kier alpha value is -2.89. The van der Waals surface area contributed by atoms with Crippen LogP contribution in [-0.4, -0.2) is 36.4 Å². The fraction of sp³-hybridized carbons (Fsp3) is 0.435. The Morgan fingerprint density at radius 1 is 1.00 bits per heavy atom. The van der Waals surface area contributed by atoms with Crippen LogP contribution in [0.5, 0.6) is 0 Å². The topological polar surface area (TPSA) is 74.3 Å². The summed E-state index contributed by atoms with van der Waals surface area (Å²) in [5, 5.41) is 5.75. The van der Waals surface area contributed by atoms with Gasteiger partial charge >= 0.3 is 0 Å². The number of nitrogens with zero attached hydrogens (tertiary/aromatic N) is 2. The number of hydrogen-bond acceptors (Lipinski definition) is 4. The lowest BCUT2D eigenvalue weighted by Crippen LogP contribution is -2.29. The van der Waals surface area contributed by atoms with Crippen LogP contribution in [0.1, 0.15) is 66.3 Å². The molecule has 6 heteroatoms. The minimum atomic E-state index is -0.323. The lowest BCUT2D eigenvalue weighted by Gasteiger charge is -2.28. The van der Waals surface area contributed by atoms with Gasteiger partial charge in [-0.1, -0.05) is 19.8 Å². The molecule has 0 saturated carbocycles. The number of carbonyl (C=O) groups excluding carboxylic acids is 2. The second-order valence-corrected chi connectivity index (χ2v) is 7.44. The van der Waals surface area contributed by atoms with Gasteiger partial charge in [-0.05, 0) is 62.1 Å². The molecule has 2 N–H and O–H groups in total. The molecule has 2 heterocycles. The molecule has 2 aromatic rings. The van der Waals surface area contributed by atoms with Gasteiger partial charge in [0.1, 0.15) is 5.69 Å². The van der Waals surface area contributed by atoms with Crippen molar-refractivity contribution in [3.63, 3.8) is 0 Å². The molecule has 0 aliphatic carbocycles. The number of benzene rings is 1. The van der Waals surface area contributed by atoms with Gasteiger partial charge in [-0.2, -0.15) is 0 Å². The molecule has 0 bridgehead atoms. The third-order valence-corrected chi connectivity index (χ3v) is 5.17. The van der Waals surface area contributed by atoms with Gasteiger partial charge in [0.15, 0.2) is 0 Å². The van der Waals surface area contributed by atoms with Gasteiger partial charge in [0.2, 0.25) is 0 Å². The molecule has 29 heavy (non-hydrogen) atoms. The Kier molecular flexibility index (Phi) is 7.61. The van der Waals surface area contributed by atoms with Crippen LogP contribution in [0.15, 0.2) is 42.6 Å². The fourth-order valence-corrected chi connectivity index (χ4v) is 3.48. The number of amides is 2. The molecule has 1 aliphatic heterocycles. The summed E-state index contributed by atoms with van der Waals surface area (Å²) in [6.45, 7) is 4.93. The van der Waals surface area contributed by atoms with Crippen LogP contribution in [0.2, 0.25) is 0 Å². The first-order valence-electron chi connectivity index (χ1n) is 10.6. The van der Waals surface area contributed by atoms with Crippen molar-refractivity contribution in [2.45, 2.75) is 45.4 Å². The van der Waals surface area contributed by atoms with E-state index in [4.69, 9.17) is 0 Å². The van der Waals surface area contributed by atoms with Crippen molar-refractivity contribution in [1.29, 1.82) is 0 Å². The number of pyridine rings is 1. The van der Waals surface area contributed by atoms with Crippen molar-refractivity contribution in [2.24, 2.45) is 0 Å². The molecule has 1 fully saturated rings. The summed E-state index contributed by atoms with van der Waals surface area (Å²) in [6, 6.07) is 11.0. The number of unbranched alkanes of at least 4 members (excludes halogenated alkanes) is 2. The van der Waals surface area contributed by atoms with E-state index in [0.29, 0.717) is 17.8 Å². The zero-order chi connectivity index (χ0) is 20.5. The summed E-state index contributed by atoms with van der Waals surface area (Å²) in [5.74, 6) is -0.500. The van der Waals surface area contributed by atoms with Crippen LogP contribution in [0.3, 0.4) is 0 Å². The summed E-state index contributed by atoms with van der Waals surface area (Å²) in [7, 11) is 0. The normalized spacial score (nSPS) is 13.8. The highest BCUT2D eigenvalue weighted by Crippen LogP contribution is 2.22. The predicted octanol–water partition coefficient (Wildman–Crippen LogP) is 4.24. The van der Waals surface area contributed by atoms with Gasteiger partial charge in [-0.25, -0.2) is 0 Å². The second kappa shape index (κ2) is 10.6. The molecule has 0 atom stereocenters. The molecule has 1 saturated heterocycles. The number of aromatic nitrogens is 1. The first-order valence-corrected chi connectivity index (χ1v) is 10.6. The Morgan fingerprint density at radius 3 is 2.48 bits per heavy atom. The third-order valence-electron chi connectivity index (χ3n) is 5.17. The largest absolute Gasteiger partial charge is 0.372 e. The Bertz CT molecular complexity index is 814. The van der Waals surface area contributed by atoms with Crippen LogP contribution in [0, 0.1) is 0 Å². The van der Waals surface area contributed by atoms with E-state index in [1.807, 2.05) is 24.3 Å². The van der Waals surface area contributed by atoms with Crippen LogP contribution in [0.4, 0.5) is 11.4 Å². The predicted molar refractivity (Wildman–Crippen MR) is 117 cm³/mol. The average molecular weight is 395 g/mol. The Labute approximate surface area is 172 Å². The summed E-state index contributed by atoms with van der Waals surface area (Å²) >= 11 is 0. The van der Waals surface area contributed by atoms with Crippen molar-refractivity contribution >= 4 is 23.2 Å². The number of rotatable bonds is 8. The quantitative estimate of drug-likeness (QED) is 0.657. The van der Waals surface area contributed by atoms with E-state index in [0.717, 1.165) is 32.4 Å². The fourth-order valence-electron chi connectivity index (χ4n) is 3.48. The lowest BCUT2D eigenvalue weighted by molar-refractivity contribution is 0.0953. The van der Waals surface area contributed by atoms with Gasteiger partial charge in [-0.3, -0.25) is 14.6 Å². The maximum absolute atomic E-state index is 12.6. The molecule has 0 spiro atoms. The maximum atomic E-state index is 12.6. The van der Waals surface area contributed by atoms with Crippen molar-refractivity contribution in [3.05, 3.63) is 53.9 Å². The van der Waals surface area contributed by atoms with E-state index in [-0.39, 0.29) is 17.5 Å². The Balaban J connectivity index is 1.58. The molecule has 3 rings (SSSR count). The monoisotopic (exact) mass is 394 g/mol. The van der Waals surface area contributed by atoms with Gasteiger partial charge in [0.25, 0.3) is 11.8 Å². The molecule has 1 aromatic heterocycles. The second-order valence-electron chi connectivity index (χ2n) is 7.44. The van der Waals surface area contributed by atoms with E-state index >= 15 is 0 Å². The van der Waals surface area contributed by atoms with Gasteiger partial charge < -0.3 is 15.5 Å². The van der Waals surface area contributed by atoms with Crippen LogP contribution in [0.25, 0.3) is 0 Å². The summed E-state index contributed by atoms with van der Waals surface area (Å²) < 4.78 is 0. The van der Waals surface area contributed by atoms with Crippen molar-refractivity contribution < 1.29 is 9.59 Å². The molecule has 1 aromatic carbocycles. The maximum Gasteiger partial charge on any atom is 0.274 e. The lowest BCUT2D eigenvalue weighted by atomic mass is 10.1. The minimum absolute atomic E-state index is 0.177. The molecule has 1 aliphatic rings. The van der Waals surface area contributed by atoms with Crippen molar-refractivity contribution in [1.82, 2.24) is 10.3 Å². The summed E-state index contributed by atoms with van der Waals surface area (Å²) in [6.07, 6.45) is 8.39. The summed E-state index contributed by atoms with van der Waals surface area (Å²) in [4.78, 5) is 31.3. The zero-order valence-electron chi connectivity index (χ0n) is 17.1. The average Bonchev–Trinajstić information content (AvgIpc) is 2.78. The van der Waals surface area contributed by atoms with Gasteiger partial charge in [-0.15, -0.1) is 0 Å². The SMILES string of the molecule is CCCCCNC(=O)c1ccnc(C(=O)Nc2ccc(N3CCCCC3)cc2)c1. The Morgan fingerprint density at radius 2 is 1.76 bits per heavy atom. The number of anilines is 2. The number of hydrogen-bond donors (Lipinski definition) is 2. The highest BCUT2D eigenvalue weighted by atomic mass is 16.2. The first-order chi connectivity index (χ1) is 14.2. The standard InChI is InChI=1S/C23H30N4O2/c1-2-3-5-13-25-22(28)18-12-14-24-21(17-18)23(29)26-19-8-10-20(11-9-19)27-15-6-4-7-16-27/h8-12,14,17H,2-7,13,15-16H2,1H3,(H,25,28)(H,26,29). The van der Waals surface area contributed by atoms with E-state index in [1.165, 1.54) is 37.2 Å². The van der Waals surface area contributed by atoms with E-state index in [2.05, 4.69) is 27.4 Å². The number of nitrogens with one attached hydrogen (secondary N) is 2. The van der Waals surface area contributed by atoms with E-state index < -0.39 is 0 Å². The third kappa shape index (κ3) is 6.04. The molecule has 0 unspecified atom stereocenters. The molecular formula is C23H30N4O2. The highest BCUT2D eigenvalue weighted by Gasteiger charge is 2.13. The van der Waals surface area contributed by atoms with Crippen LogP contribution < -0.4 is 15.5 Å².